The van der Waals surface area contributed by atoms with Crippen molar-refractivity contribution in [2.75, 3.05) is 20.2 Å². The Morgan fingerprint density at radius 1 is 1.26 bits per heavy atom. The van der Waals surface area contributed by atoms with E-state index in [9.17, 15) is 0 Å². The highest BCUT2D eigenvalue weighted by atomic mass is 16.5. The quantitative estimate of drug-likeness (QED) is 0.906. The van der Waals surface area contributed by atoms with E-state index in [4.69, 9.17) is 10.5 Å². The summed E-state index contributed by atoms with van der Waals surface area (Å²) in [4.78, 5) is 2.54. The van der Waals surface area contributed by atoms with Crippen LogP contribution in [-0.4, -0.2) is 31.1 Å². The fourth-order valence-corrected chi connectivity index (χ4v) is 2.81. The van der Waals surface area contributed by atoms with Gasteiger partial charge in [-0.3, -0.25) is 4.90 Å². The van der Waals surface area contributed by atoms with Crippen LogP contribution in [-0.2, 0) is 0 Å². The first kappa shape index (κ1) is 14.4. The standard InChI is InChI=1S/C16H26N2O/c1-13-6-4-3-5-11-18(13)12-16(17)14-7-9-15(19-2)10-8-14/h7-10,13,16H,3-6,11-12,17H2,1-2H3. The molecule has 106 valence electrons. The summed E-state index contributed by atoms with van der Waals surface area (Å²) >= 11 is 0. The van der Waals surface area contributed by atoms with Crippen LogP contribution in [0.5, 0.6) is 5.75 Å². The fraction of sp³-hybridized carbons (Fsp3) is 0.625. The molecule has 0 spiro atoms. The first-order valence-corrected chi connectivity index (χ1v) is 7.34. The van der Waals surface area contributed by atoms with Crippen molar-refractivity contribution in [2.45, 2.75) is 44.7 Å². The number of nitrogens with two attached hydrogens (primary N) is 1. The van der Waals surface area contributed by atoms with Crippen LogP contribution in [0, 0.1) is 0 Å². The Morgan fingerprint density at radius 2 is 2.00 bits per heavy atom. The van der Waals surface area contributed by atoms with E-state index in [0.717, 1.165) is 12.3 Å². The summed E-state index contributed by atoms with van der Waals surface area (Å²) < 4.78 is 5.18. The van der Waals surface area contributed by atoms with Crippen molar-refractivity contribution < 1.29 is 4.74 Å². The Morgan fingerprint density at radius 3 is 2.68 bits per heavy atom. The molecule has 0 saturated carbocycles. The third kappa shape index (κ3) is 3.95. The Labute approximate surface area is 116 Å². The molecule has 1 aliphatic rings. The van der Waals surface area contributed by atoms with Gasteiger partial charge in [0.05, 0.1) is 7.11 Å². The van der Waals surface area contributed by atoms with Gasteiger partial charge < -0.3 is 10.5 Å². The second-order valence-electron chi connectivity index (χ2n) is 5.57. The van der Waals surface area contributed by atoms with Crippen molar-refractivity contribution in [3.63, 3.8) is 0 Å². The van der Waals surface area contributed by atoms with E-state index in [1.165, 1.54) is 37.8 Å². The second-order valence-corrected chi connectivity index (χ2v) is 5.57. The predicted molar refractivity (Wildman–Crippen MR) is 79.4 cm³/mol. The van der Waals surface area contributed by atoms with Crippen LogP contribution < -0.4 is 10.5 Å². The number of likely N-dealkylation sites (tertiary alicyclic amines) is 1. The minimum Gasteiger partial charge on any atom is -0.497 e. The molecule has 3 nitrogen and oxygen atoms in total. The summed E-state index contributed by atoms with van der Waals surface area (Å²) in [7, 11) is 1.69. The van der Waals surface area contributed by atoms with Crippen LogP contribution in [0.15, 0.2) is 24.3 Å². The summed E-state index contributed by atoms with van der Waals surface area (Å²) in [5.41, 5.74) is 7.54. The van der Waals surface area contributed by atoms with E-state index in [1.54, 1.807) is 7.11 Å². The molecule has 0 bridgehead atoms. The summed E-state index contributed by atoms with van der Waals surface area (Å²) in [6, 6.07) is 8.87. The average molecular weight is 262 g/mol. The van der Waals surface area contributed by atoms with Crippen molar-refractivity contribution in [1.29, 1.82) is 0 Å². The van der Waals surface area contributed by atoms with Gasteiger partial charge in [0.15, 0.2) is 0 Å². The largest absolute Gasteiger partial charge is 0.497 e. The van der Waals surface area contributed by atoms with E-state index >= 15 is 0 Å². The van der Waals surface area contributed by atoms with Crippen LogP contribution in [0.2, 0.25) is 0 Å². The first-order valence-electron chi connectivity index (χ1n) is 7.34. The lowest BCUT2D eigenvalue weighted by molar-refractivity contribution is 0.201. The van der Waals surface area contributed by atoms with Crippen LogP contribution in [0.1, 0.15) is 44.2 Å². The maximum Gasteiger partial charge on any atom is 0.118 e. The molecular formula is C16H26N2O. The smallest absolute Gasteiger partial charge is 0.118 e. The highest BCUT2D eigenvalue weighted by Crippen LogP contribution is 2.21. The van der Waals surface area contributed by atoms with Crippen LogP contribution in [0.4, 0.5) is 0 Å². The van der Waals surface area contributed by atoms with Gasteiger partial charge in [0.2, 0.25) is 0 Å². The summed E-state index contributed by atoms with van der Waals surface area (Å²) in [6.45, 7) is 4.46. The number of ether oxygens (including phenoxy) is 1. The van der Waals surface area contributed by atoms with Gasteiger partial charge in [0.1, 0.15) is 5.75 Å². The lowest BCUT2D eigenvalue weighted by Crippen LogP contribution is -2.38. The van der Waals surface area contributed by atoms with Crippen molar-refractivity contribution in [3.05, 3.63) is 29.8 Å². The van der Waals surface area contributed by atoms with Gasteiger partial charge in [-0.25, -0.2) is 0 Å². The Bertz CT molecular complexity index is 377. The molecule has 2 atom stereocenters. The van der Waals surface area contributed by atoms with E-state index in [0.29, 0.717) is 6.04 Å². The number of benzene rings is 1. The van der Waals surface area contributed by atoms with E-state index in [2.05, 4.69) is 24.0 Å². The molecule has 1 fully saturated rings. The highest BCUT2D eigenvalue weighted by Gasteiger charge is 2.19. The maximum atomic E-state index is 6.35. The number of methoxy groups -OCH3 is 1. The van der Waals surface area contributed by atoms with Gasteiger partial charge in [0.25, 0.3) is 0 Å². The number of hydrogen-bond acceptors (Lipinski definition) is 3. The van der Waals surface area contributed by atoms with Crippen LogP contribution in [0.3, 0.4) is 0 Å². The molecule has 1 aliphatic heterocycles. The lowest BCUT2D eigenvalue weighted by atomic mass is 10.1. The molecule has 1 aromatic rings. The van der Waals surface area contributed by atoms with E-state index < -0.39 is 0 Å². The Balaban J connectivity index is 1.96. The highest BCUT2D eigenvalue weighted by molar-refractivity contribution is 5.29. The first-order chi connectivity index (χ1) is 9.20. The van der Waals surface area contributed by atoms with Crippen molar-refractivity contribution in [3.8, 4) is 5.75 Å². The van der Waals surface area contributed by atoms with Gasteiger partial charge in [-0.05, 0) is 44.0 Å². The molecule has 1 aromatic carbocycles. The summed E-state index contributed by atoms with van der Waals surface area (Å²) in [5, 5.41) is 0. The van der Waals surface area contributed by atoms with Crippen LogP contribution in [0.25, 0.3) is 0 Å². The van der Waals surface area contributed by atoms with Gasteiger partial charge in [-0.1, -0.05) is 25.0 Å². The number of rotatable bonds is 4. The predicted octanol–water partition coefficient (Wildman–Crippen LogP) is 2.96. The Hall–Kier alpha value is -1.06. The van der Waals surface area contributed by atoms with Crippen molar-refractivity contribution in [1.82, 2.24) is 4.90 Å². The van der Waals surface area contributed by atoms with Crippen molar-refractivity contribution >= 4 is 0 Å². The molecule has 2 unspecified atom stereocenters. The molecule has 1 heterocycles. The monoisotopic (exact) mass is 262 g/mol. The zero-order chi connectivity index (χ0) is 13.7. The van der Waals surface area contributed by atoms with Gasteiger partial charge in [-0.2, -0.15) is 0 Å². The maximum absolute atomic E-state index is 6.35. The van der Waals surface area contributed by atoms with E-state index in [1.807, 2.05) is 12.1 Å². The topological polar surface area (TPSA) is 38.5 Å². The second kappa shape index (κ2) is 6.92. The SMILES string of the molecule is COc1ccc(C(N)CN2CCCCCC2C)cc1. The number of nitrogens with zero attached hydrogens (tertiary/aromatic N) is 1. The molecule has 3 heteroatoms. The number of hydrogen-bond donors (Lipinski definition) is 1. The molecule has 0 radical (unpaired) electrons. The molecule has 1 saturated heterocycles. The zero-order valence-corrected chi connectivity index (χ0v) is 12.1. The molecule has 0 aliphatic carbocycles. The molecular weight excluding hydrogens is 236 g/mol. The fourth-order valence-electron chi connectivity index (χ4n) is 2.81. The minimum absolute atomic E-state index is 0.0893. The lowest BCUT2D eigenvalue weighted by Gasteiger charge is -2.29. The third-order valence-corrected chi connectivity index (χ3v) is 4.17. The zero-order valence-electron chi connectivity index (χ0n) is 12.1. The summed E-state index contributed by atoms with van der Waals surface area (Å²) in [5.74, 6) is 0.888. The molecule has 0 amide bonds. The van der Waals surface area contributed by atoms with E-state index in [-0.39, 0.29) is 6.04 Å². The molecule has 19 heavy (non-hydrogen) atoms. The summed E-state index contributed by atoms with van der Waals surface area (Å²) in [6.07, 6.45) is 5.32. The average Bonchev–Trinajstić information content (AvgIpc) is 2.64. The van der Waals surface area contributed by atoms with Gasteiger partial charge in [0, 0.05) is 18.6 Å². The molecule has 0 aromatic heterocycles. The minimum atomic E-state index is 0.0893. The third-order valence-electron chi connectivity index (χ3n) is 4.17. The molecule has 2 N–H and O–H groups in total. The van der Waals surface area contributed by atoms with Gasteiger partial charge in [-0.15, -0.1) is 0 Å². The van der Waals surface area contributed by atoms with Crippen molar-refractivity contribution in [2.24, 2.45) is 5.73 Å². The Kier molecular flexibility index (Phi) is 5.23. The van der Waals surface area contributed by atoms with Crippen LogP contribution >= 0.6 is 0 Å². The van der Waals surface area contributed by atoms with Gasteiger partial charge >= 0.3 is 0 Å². The molecule has 2 rings (SSSR count). The normalized spacial score (nSPS) is 22.8.